The number of unbranched alkanes of at least 4 members (excludes halogenated alkanes) is 1. The molecule has 0 aliphatic carbocycles. The lowest BCUT2D eigenvalue weighted by atomic mass is 9.96. The number of benzene rings is 1. The number of aromatic amines is 1. The van der Waals surface area contributed by atoms with Crippen LogP contribution in [0.15, 0.2) is 30.5 Å². The monoisotopic (exact) mass is 885 g/mol. The first-order valence-corrected chi connectivity index (χ1v) is 21.8. The van der Waals surface area contributed by atoms with Crippen molar-refractivity contribution in [3.8, 4) is 0 Å². The van der Waals surface area contributed by atoms with Gasteiger partial charge in [0.2, 0.25) is 41.4 Å². The lowest BCUT2D eigenvalue weighted by Gasteiger charge is -2.33. The smallest absolute Gasteiger partial charge is 0.326 e. The van der Waals surface area contributed by atoms with E-state index in [4.69, 9.17) is 17.2 Å². The van der Waals surface area contributed by atoms with Gasteiger partial charge in [-0.2, -0.15) is 0 Å². The predicted molar refractivity (Wildman–Crippen MR) is 234 cm³/mol. The van der Waals surface area contributed by atoms with Gasteiger partial charge < -0.3 is 63.9 Å². The summed E-state index contributed by atoms with van der Waals surface area (Å²) >= 11 is 0. The molecule has 1 aromatic carbocycles. The molecule has 1 aliphatic rings. The fourth-order valence-electron chi connectivity index (χ4n) is 7.50. The van der Waals surface area contributed by atoms with Crippen molar-refractivity contribution in [3.05, 3.63) is 36.0 Å². The van der Waals surface area contributed by atoms with Crippen LogP contribution in [0.3, 0.4) is 0 Å². The minimum atomic E-state index is -1.63. The standard InChI is InChI=1S/C43H68N10O10/c1-6-24(4)35(42(61)53-19-11-15-33(53)40(59)48-30(43(62)63)16-17-34(46)55)51-41(60)36(25(5)54)52-39(58)32(21-26-22-47-29-14-8-7-12-27(26)29)50-38(57)31(20-23(2)3)49-37(56)28(45)13-9-10-18-44/h7-8,12,14,22-25,28,30-33,35-36,47,54H,6,9-11,13,15-21,44-45H2,1-5H3,(H2,46,55)(H,48,59)(H,49,56)(H,50,57)(H,51,60)(H,52,58)(H,62,63)/t24-,25+,28-,30-,31-,32-,33-,35-,36-/m0/s1. The topological polar surface area (TPSA) is 334 Å². The van der Waals surface area contributed by atoms with Crippen molar-refractivity contribution >= 4 is 58.2 Å². The Morgan fingerprint density at radius 1 is 0.841 bits per heavy atom. The summed E-state index contributed by atoms with van der Waals surface area (Å²) in [5.41, 5.74) is 18.3. The van der Waals surface area contributed by atoms with Gasteiger partial charge in [0.25, 0.3) is 0 Å². The number of nitrogens with zero attached hydrogens (tertiary/aromatic N) is 1. The number of likely N-dealkylation sites (tertiary alicyclic amines) is 1. The first-order chi connectivity index (χ1) is 29.8. The van der Waals surface area contributed by atoms with Crippen molar-refractivity contribution in [2.45, 2.75) is 147 Å². The second-order valence-electron chi connectivity index (χ2n) is 16.9. The van der Waals surface area contributed by atoms with Crippen LogP contribution in [-0.4, -0.2) is 129 Å². The van der Waals surface area contributed by atoms with Crippen molar-refractivity contribution in [3.63, 3.8) is 0 Å². The van der Waals surface area contributed by atoms with Gasteiger partial charge in [0, 0.05) is 36.5 Å². The fraction of sp³-hybridized carbons (Fsp3) is 0.628. The molecular formula is C43H68N10O10. The number of aliphatic hydroxyl groups is 1. The number of H-pyrrole nitrogens is 1. The average molecular weight is 885 g/mol. The Kier molecular flexibility index (Phi) is 20.4. The predicted octanol–water partition coefficient (Wildman–Crippen LogP) is -0.595. The molecule has 1 saturated heterocycles. The van der Waals surface area contributed by atoms with Crippen LogP contribution in [0.2, 0.25) is 0 Å². The zero-order chi connectivity index (χ0) is 47.0. The summed E-state index contributed by atoms with van der Waals surface area (Å²) in [6.07, 6.45) is 2.48. The first-order valence-electron chi connectivity index (χ1n) is 21.8. The summed E-state index contributed by atoms with van der Waals surface area (Å²) < 4.78 is 0. The maximum Gasteiger partial charge on any atom is 0.326 e. The Bertz CT molecular complexity index is 1900. The molecule has 1 fully saturated rings. The fourth-order valence-corrected chi connectivity index (χ4v) is 7.50. The molecule has 63 heavy (non-hydrogen) atoms. The van der Waals surface area contributed by atoms with Gasteiger partial charge in [-0.25, -0.2) is 4.79 Å². The first kappa shape index (κ1) is 51.7. The number of hydrogen-bond donors (Lipinski definition) is 11. The van der Waals surface area contributed by atoms with Gasteiger partial charge in [0.05, 0.1) is 12.1 Å². The molecule has 0 saturated carbocycles. The highest BCUT2D eigenvalue weighted by Crippen LogP contribution is 2.23. The van der Waals surface area contributed by atoms with Crippen LogP contribution in [0.1, 0.15) is 98.0 Å². The molecule has 20 heteroatoms. The molecule has 1 aromatic heterocycles. The third-order valence-electron chi connectivity index (χ3n) is 11.4. The Hall–Kier alpha value is -5.60. The van der Waals surface area contributed by atoms with E-state index >= 15 is 0 Å². The van der Waals surface area contributed by atoms with Gasteiger partial charge >= 0.3 is 5.97 Å². The Balaban J connectivity index is 1.88. The third-order valence-corrected chi connectivity index (χ3v) is 11.4. The molecule has 0 radical (unpaired) electrons. The summed E-state index contributed by atoms with van der Waals surface area (Å²) in [5, 5.41) is 34.5. The molecule has 14 N–H and O–H groups in total. The third kappa shape index (κ3) is 15.3. The van der Waals surface area contributed by atoms with Gasteiger partial charge in [-0.3, -0.25) is 33.6 Å². The van der Waals surface area contributed by atoms with Crippen molar-refractivity contribution in [1.29, 1.82) is 0 Å². The summed E-state index contributed by atoms with van der Waals surface area (Å²) in [6.45, 7) is 9.09. The summed E-state index contributed by atoms with van der Waals surface area (Å²) in [5.74, 6) is -7.01. The lowest BCUT2D eigenvalue weighted by molar-refractivity contribution is -0.146. The molecule has 20 nitrogen and oxygen atoms in total. The number of primary amides is 1. The number of carbonyl (C=O) groups excluding carboxylic acids is 7. The molecule has 0 unspecified atom stereocenters. The lowest BCUT2D eigenvalue weighted by Crippen LogP contribution is -2.62. The normalized spacial score (nSPS) is 17.7. The highest BCUT2D eigenvalue weighted by molar-refractivity contribution is 5.98. The quantitative estimate of drug-likeness (QED) is 0.0528. The van der Waals surface area contributed by atoms with Gasteiger partial charge in [-0.15, -0.1) is 0 Å². The van der Waals surface area contributed by atoms with Crippen molar-refractivity contribution in [1.82, 2.24) is 36.5 Å². The van der Waals surface area contributed by atoms with Crippen LogP contribution >= 0.6 is 0 Å². The molecular weight excluding hydrogens is 817 g/mol. The number of aliphatic carboxylic acids is 1. The number of aromatic nitrogens is 1. The summed E-state index contributed by atoms with van der Waals surface area (Å²) in [4.78, 5) is 111. The maximum absolute atomic E-state index is 14.3. The Morgan fingerprint density at radius 3 is 2.11 bits per heavy atom. The van der Waals surface area contributed by atoms with E-state index in [0.29, 0.717) is 44.2 Å². The van der Waals surface area contributed by atoms with Crippen LogP contribution in [0.4, 0.5) is 0 Å². The number of nitrogens with one attached hydrogen (secondary N) is 6. The van der Waals surface area contributed by atoms with Crippen LogP contribution in [0.25, 0.3) is 10.9 Å². The van der Waals surface area contributed by atoms with Gasteiger partial charge in [0.15, 0.2) is 0 Å². The van der Waals surface area contributed by atoms with E-state index in [1.54, 1.807) is 20.0 Å². The van der Waals surface area contributed by atoms with Crippen LogP contribution in [0, 0.1) is 11.8 Å². The molecule has 0 spiro atoms. The SMILES string of the molecule is CC[C@H](C)[C@H](NC(=O)[C@@H](NC(=O)[C@H](Cc1c[nH]c2ccccc12)NC(=O)[C@H](CC(C)C)NC(=O)[C@@H](N)CCCCN)[C@@H](C)O)C(=O)N1CCC[C@H]1C(=O)N[C@@H](CCC(N)=O)C(=O)O. The number of amides is 7. The Labute approximate surface area is 367 Å². The second-order valence-corrected chi connectivity index (χ2v) is 16.9. The van der Waals surface area contributed by atoms with E-state index in [1.165, 1.54) is 11.8 Å². The number of rotatable bonds is 26. The largest absolute Gasteiger partial charge is 0.480 e. The van der Waals surface area contributed by atoms with Gasteiger partial charge in [-0.1, -0.05) is 58.7 Å². The van der Waals surface area contributed by atoms with Crippen molar-refractivity contribution in [2.24, 2.45) is 29.0 Å². The molecule has 2 aromatic rings. The number of aliphatic hydroxyl groups excluding tert-OH is 1. The van der Waals surface area contributed by atoms with Crippen molar-refractivity contribution < 1.29 is 48.6 Å². The maximum atomic E-state index is 14.3. The highest BCUT2D eigenvalue weighted by Gasteiger charge is 2.42. The molecule has 350 valence electrons. The number of fused-ring (bicyclic) bond motifs is 1. The van der Waals surface area contributed by atoms with Crippen LogP contribution < -0.4 is 43.8 Å². The minimum absolute atomic E-state index is 0.0555. The van der Waals surface area contributed by atoms with E-state index < -0.39 is 102 Å². The molecule has 9 atom stereocenters. The highest BCUT2D eigenvalue weighted by atomic mass is 16.4. The van der Waals surface area contributed by atoms with E-state index in [2.05, 4.69) is 31.6 Å². The van der Waals surface area contributed by atoms with E-state index in [-0.39, 0.29) is 44.6 Å². The second kappa shape index (κ2) is 24.9. The van der Waals surface area contributed by atoms with Crippen molar-refractivity contribution in [2.75, 3.05) is 13.1 Å². The van der Waals surface area contributed by atoms with E-state index in [9.17, 15) is 48.6 Å². The molecule has 1 aliphatic heterocycles. The molecule has 3 rings (SSSR count). The zero-order valence-corrected chi connectivity index (χ0v) is 37.0. The average Bonchev–Trinajstić information content (AvgIpc) is 3.89. The van der Waals surface area contributed by atoms with Gasteiger partial charge in [0.1, 0.15) is 36.3 Å². The molecule has 2 heterocycles. The van der Waals surface area contributed by atoms with Crippen LogP contribution in [-0.2, 0) is 44.8 Å². The molecule has 0 bridgehead atoms. The number of carboxylic acid groups (broad SMARTS) is 1. The zero-order valence-electron chi connectivity index (χ0n) is 37.0. The number of carbonyl (C=O) groups is 8. The number of hydrogen-bond acceptors (Lipinski definition) is 11. The van der Waals surface area contributed by atoms with Crippen LogP contribution in [0.5, 0.6) is 0 Å². The number of para-hydroxylation sites is 1. The van der Waals surface area contributed by atoms with Gasteiger partial charge in [-0.05, 0) is 75.5 Å². The van der Waals surface area contributed by atoms with E-state index in [1.807, 2.05) is 38.1 Å². The number of nitrogens with two attached hydrogens (primary N) is 3. The van der Waals surface area contributed by atoms with E-state index in [0.717, 1.165) is 10.9 Å². The summed E-state index contributed by atoms with van der Waals surface area (Å²) in [6, 6.07) is -1.32. The Morgan fingerprint density at radius 2 is 1.49 bits per heavy atom. The molecule has 7 amide bonds. The summed E-state index contributed by atoms with van der Waals surface area (Å²) in [7, 11) is 0. The minimum Gasteiger partial charge on any atom is -0.480 e. The number of carboxylic acids is 1.